The number of ether oxygens (including phenoxy) is 1. The van der Waals surface area contributed by atoms with Crippen LogP contribution in [0.3, 0.4) is 0 Å². The highest BCUT2D eigenvalue weighted by atomic mass is 32.2. The minimum Gasteiger partial charge on any atom is -0.496 e. The summed E-state index contributed by atoms with van der Waals surface area (Å²) in [6.07, 6.45) is 1.28. The molecule has 2 aromatic rings. The van der Waals surface area contributed by atoms with Crippen molar-refractivity contribution < 1.29 is 21.7 Å². The first-order valence-corrected chi connectivity index (χ1v) is 9.83. The van der Waals surface area contributed by atoms with Gasteiger partial charge in [-0.25, -0.2) is 4.39 Å². The van der Waals surface area contributed by atoms with Gasteiger partial charge in [0.15, 0.2) is 0 Å². The van der Waals surface area contributed by atoms with E-state index in [9.17, 15) is 12.8 Å². The molecule has 0 aromatic heterocycles. The molecule has 0 spiro atoms. The molecule has 1 aliphatic carbocycles. The molecule has 0 bridgehead atoms. The van der Waals surface area contributed by atoms with Crippen LogP contribution in [0.4, 0.5) is 4.39 Å². The lowest BCUT2D eigenvalue weighted by Gasteiger charge is -2.17. The molecule has 2 atom stereocenters. The van der Waals surface area contributed by atoms with Crippen LogP contribution in [0.5, 0.6) is 5.75 Å². The lowest BCUT2D eigenvalue weighted by Crippen LogP contribution is -2.18. The lowest BCUT2D eigenvalue weighted by molar-refractivity contribution is 0.277. The van der Waals surface area contributed by atoms with E-state index in [1.807, 2.05) is 30.3 Å². The van der Waals surface area contributed by atoms with Crippen LogP contribution in [-0.2, 0) is 19.8 Å². The molecule has 5 nitrogen and oxygen atoms in total. The second kappa shape index (κ2) is 7.17. The van der Waals surface area contributed by atoms with E-state index in [0.717, 1.165) is 5.56 Å². The normalized spacial score (nSPS) is 22.5. The zero-order valence-corrected chi connectivity index (χ0v) is 15.4. The maximum atomic E-state index is 13.9. The number of hydrogen-bond acceptors (Lipinski definition) is 5. The average Bonchev–Trinajstić information content (AvgIpc) is 3.33. The molecule has 0 heterocycles. The van der Waals surface area contributed by atoms with E-state index < -0.39 is 27.6 Å². The van der Waals surface area contributed by atoms with Crippen LogP contribution < -0.4 is 4.74 Å². The molecule has 3 rings (SSSR count). The molecule has 1 fully saturated rings. The molecule has 0 radical (unpaired) electrons. The predicted molar refractivity (Wildman–Crippen MR) is 97.6 cm³/mol. The first-order valence-electron chi connectivity index (χ1n) is 8.25. The Morgan fingerprint density at radius 3 is 2.65 bits per heavy atom. The molecule has 0 unspecified atom stereocenters. The van der Waals surface area contributed by atoms with Gasteiger partial charge < -0.3 is 4.74 Å². The number of hydrogen-bond donors (Lipinski definition) is 0. The Bertz CT molecular complexity index is 914. The molecular weight excluding hydrogens is 357 g/mol. The summed E-state index contributed by atoms with van der Waals surface area (Å²) in [6.45, 7) is 1.51. The van der Waals surface area contributed by atoms with Crippen molar-refractivity contribution in [1.82, 2.24) is 0 Å². The molecule has 0 aliphatic heterocycles. The smallest absolute Gasteiger partial charge is 0.267 e. The van der Waals surface area contributed by atoms with Gasteiger partial charge in [0.05, 0.1) is 12.9 Å². The summed E-state index contributed by atoms with van der Waals surface area (Å²) in [5, 5.41) is 0. The average molecular weight is 377 g/mol. The summed E-state index contributed by atoms with van der Waals surface area (Å²) in [5.41, 5.74) is 0.334. The Kier molecular flexibility index (Phi) is 5.11. The maximum absolute atomic E-state index is 13.9. The van der Waals surface area contributed by atoms with Crippen LogP contribution in [0.25, 0.3) is 0 Å². The molecule has 1 aliphatic rings. The second-order valence-corrected chi connectivity index (χ2v) is 7.96. The topological polar surface area (TPSA) is 65.0 Å². The van der Waals surface area contributed by atoms with Crippen molar-refractivity contribution in [2.75, 3.05) is 12.9 Å². The third-order valence-electron chi connectivity index (χ3n) is 4.36. The van der Waals surface area contributed by atoms with E-state index >= 15 is 0 Å². The fraction of sp³-hybridized carbons (Fsp3) is 0.316. The molecule has 0 N–H and O–H groups in total. The third kappa shape index (κ3) is 3.78. The van der Waals surface area contributed by atoms with Gasteiger partial charge in [0.1, 0.15) is 23.2 Å². The highest BCUT2D eigenvalue weighted by molar-refractivity contribution is 7.86. The van der Waals surface area contributed by atoms with Crippen molar-refractivity contribution in [3.05, 3.63) is 65.5 Å². The van der Waals surface area contributed by atoms with Crippen LogP contribution in [0.15, 0.2) is 53.5 Å². The van der Waals surface area contributed by atoms with Gasteiger partial charge in [-0.1, -0.05) is 30.3 Å². The minimum atomic E-state index is -3.66. The fourth-order valence-corrected chi connectivity index (χ4v) is 3.54. The van der Waals surface area contributed by atoms with Crippen molar-refractivity contribution in [2.45, 2.75) is 25.0 Å². The fourth-order valence-electron chi connectivity index (χ4n) is 2.82. The molecular formula is C19H20FNO4S. The first-order chi connectivity index (χ1) is 12.4. The highest BCUT2D eigenvalue weighted by Crippen LogP contribution is 2.55. The minimum absolute atomic E-state index is 0.137. The number of methoxy groups -OCH3 is 1. The quantitative estimate of drug-likeness (QED) is 0.549. The predicted octanol–water partition coefficient (Wildman–Crippen LogP) is 3.29. The molecule has 1 saturated carbocycles. The van der Waals surface area contributed by atoms with Crippen molar-refractivity contribution >= 4 is 16.3 Å². The van der Waals surface area contributed by atoms with Crippen molar-refractivity contribution in [2.24, 2.45) is 4.99 Å². The molecule has 138 valence electrons. The molecule has 0 saturated heterocycles. The lowest BCUT2D eigenvalue weighted by atomic mass is 10.0. The Morgan fingerprint density at radius 2 is 2.00 bits per heavy atom. The molecule has 2 aromatic carbocycles. The number of benzene rings is 2. The summed E-state index contributed by atoms with van der Waals surface area (Å²) in [6, 6.07) is 13.5. The first kappa shape index (κ1) is 18.5. The number of rotatable bonds is 7. The molecule has 7 heteroatoms. The number of halogens is 1. The summed E-state index contributed by atoms with van der Waals surface area (Å²) < 4.78 is 48.3. The Morgan fingerprint density at radius 1 is 1.27 bits per heavy atom. The highest BCUT2D eigenvalue weighted by Gasteiger charge is 2.60. The van der Waals surface area contributed by atoms with Crippen LogP contribution in [0.2, 0.25) is 0 Å². The number of aliphatic imine (C=N–C) groups is 1. The zero-order valence-electron chi connectivity index (χ0n) is 14.6. The van der Waals surface area contributed by atoms with Crippen molar-refractivity contribution in [3.63, 3.8) is 0 Å². The van der Waals surface area contributed by atoms with Gasteiger partial charge in [0, 0.05) is 18.2 Å². The summed E-state index contributed by atoms with van der Waals surface area (Å²) >= 11 is 0. The maximum Gasteiger partial charge on any atom is 0.267 e. The Labute approximate surface area is 152 Å². The van der Waals surface area contributed by atoms with Gasteiger partial charge in [0.2, 0.25) is 0 Å². The van der Waals surface area contributed by atoms with E-state index in [4.69, 9.17) is 8.92 Å². The summed E-state index contributed by atoms with van der Waals surface area (Å²) in [7, 11) is -2.18. The second-order valence-electron chi connectivity index (χ2n) is 6.07. The van der Waals surface area contributed by atoms with E-state index in [2.05, 4.69) is 4.99 Å². The monoisotopic (exact) mass is 377 g/mol. The van der Waals surface area contributed by atoms with E-state index in [1.165, 1.54) is 32.2 Å². The van der Waals surface area contributed by atoms with Crippen LogP contribution in [0, 0.1) is 5.82 Å². The van der Waals surface area contributed by atoms with Crippen molar-refractivity contribution in [3.8, 4) is 5.75 Å². The van der Waals surface area contributed by atoms with Crippen LogP contribution in [-0.4, -0.2) is 33.6 Å². The summed E-state index contributed by atoms with van der Waals surface area (Å²) in [4.78, 5) is 4.60. The third-order valence-corrected chi connectivity index (χ3v) is 5.59. The van der Waals surface area contributed by atoms with Gasteiger partial charge in [-0.05, 0) is 30.7 Å². The Balaban J connectivity index is 2.02. The van der Waals surface area contributed by atoms with Crippen LogP contribution >= 0.6 is 0 Å². The van der Waals surface area contributed by atoms with E-state index in [1.54, 1.807) is 6.21 Å². The molecule has 0 amide bonds. The van der Waals surface area contributed by atoms with Gasteiger partial charge >= 0.3 is 0 Å². The van der Waals surface area contributed by atoms with E-state index in [-0.39, 0.29) is 5.75 Å². The van der Waals surface area contributed by atoms with E-state index in [0.29, 0.717) is 17.7 Å². The van der Waals surface area contributed by atoms with Crippen molar-refractivity contribution in [1.29, 1.82) is 0 Å². The largest absolute Gasteiger partial charge is 0.496 e. The van der Waals surface area contributed by atoms with Gasteiger partial charge in [-0.15, -0.1) is 0 Å². The zero-order chi connectivity index (χ0) is 18.8. The SMILES string of the molecule is CCS(=O)(=O)O[C@H]1C[C@@]1(N=Cc1ccccc1)c1cc(F)ccc1OC. The standard InChI is InChI=1S/C19H20FNO4S/c1-3-26(22,23)25-18-12-19(18,21-13-14-7-5-4-6-8-14)16-11-15(20)9-10-17(16)24-2/h4-11,13,18H,3,12H2,1-2H3/t18-,19+/m0/s1. The van der Waals surface area contributed by atoms with Gasteiger partial charge in [-0.2, -0.15) is 8.42 Å². The number of nitrogens with zero attached hydrogens (tertiary/aromatic N) is 1. The molecule has 26 heavy (non-hydrogen) atoms. The summed E-state index contributed by atoms with van der Waals surface area (Å²) in [5.74, 6) is -0.141. The Hall–Kier alpha value is -2.25. The van der Waals surface area contributed by atoms with Gasteiger partial charge in [-0.3, -0.25) is 9.18 Å². The van der Waals surface area contributed by atoms with Crippen LogP contribution in [0.1, 0.15) is 24.5 Å². The van der Waals surface area contributed by atoms with Gasteiger partial charge in [0.25, 0.3) is 10.1 Å².